The summed E-state index contributed by atoms with van der Waals surface area (Å²) in [6.07, 6.45) is 6.76. The highest BCUT2D eigenvalue weighted by atomic mass is 16.2. The SMILES string of the molecule is Cc1ccncc1CNC(=O)C1(C)CCCCN1. The van der Waals surface area contributed by atoms with Crippen LogP contribution in [0, 0.1) is 6.92 Å². The Balaban J connectivity index is 1.94. The fraction of sp³-hybridized carbons (Fsp3) is 0.571. The second-order valence-electron chi connectivity index (χ2n) is 5.20. The molecule has 18 heavy (non-hydrogen) atoms. The van der Waals surface area contributed by atoms with Crippen molar-refractivity contribution in [3.63, 3.8) is 0 Å². The number of aromatic nitrogens is 1. The summed E-state index contributed by atoms with van der Waals surface area (Å²) in [5, 5.41) is 6.33. The molecule has 2 rings (SSSR count). The number of carbonyl (C=O) groups excluding carboxylic acids is 1. The number of nitrogens with zero attached hydrogens (tertiary/aromatic N) is 1. The van der Waals surface area contributed by atoms with Crippen LogP contribution >= 0.6 is 0 Å². The number of nitrogens with one attached hydrogen (secondary N) is 2. The Morgan fingerprint density at radius 3 is 3.06 bits per heavy atom. The first-order chi connectivity index (χ1) is 8.62. The maximum absolute atomic E-state index is 12.2. The molecule has 1 fully saturated rings. The van der Waals surface area contributed by atoms with Crippen LogP contribution in [0.25, 0.3) is 0 Å². The lowest BCUT2D eigenvalue weighted by atomic mass is 9.90. The minimum Gasteiger partial charge on any atom is -0.350 e. The van der Waals surface area contributed by atoms with Crippen LogP contribution in [-0.2, 0) is 11.3 Å². The van der Waals surface area contributed by atoms with Gasteiger partial charge in [0.05, 0.1) is 5.54 Å². The molecule has 1 aliphatic heterocycles. The van der Waals surface area contributed by atoms with E-state index >= 15 is 0 Å². The van der Waals surface area contributed by atoms with Gasteiger partial charge in [-0.05, 0) is 56.8 Å². The van der Waals surface area contributed by atoms with E-state index in [1.165, 1.54) is 0 Å². The number of piperidine rings is 1. The molecule has 0 radical (unpaired) electrons. The molecule has 1 aromatic heterocycles. The summed E-state index contributed by atoms with van der Waals surface area (Å²) in [7, 11) is 0. The first kappa shape index (κ1) is 13.0. The maximum atomic E-state index is 12.2. The van der Waals surface area contributed by atoms with Crippen LogP contribution in [0.2, 0.25) is 0 Å². The first-order valence-electron chi connectivity index (χ1n) is 6.55. The fourth-order valence-corrected chi connectivity index (χ4v) is 2.30. The standard InChI is InChI=1S/C14H21N3O/c1-11-5-8-15-9-12(11)10-16-13(18)14(2)6-3-4-7-17-14/h5,8-9,17H,3-4,6-7,10H2,1-2H3,(H,16,18). The van der Waals surface area contributed by atoms with E-state index in [4.69, 9.17) is 0 Å². The number of hydrogen-bond acceptors (Lipinski definition) is 3. The molecule has 2 N–H and O–H groups in total. The second kappa shape index (κ2) is 5.48. The van der Waals surface area contributed by atoms with Gasteiger partial charge in [0, 0.05) is 18.9 Å². The van der Waals surface area contributed by atoms with Crippen molar-refractivity contribution < 1.29 is 4.79 Å². The van der Waals surface area contributed by atoms with E-state index in [-0.39, 0.29) is 5.91 Å². The lowest BCUT2D eigenvalue weighted by molar-refractivity contribution is -0.128. The van der Waals surface area contributed by atoms with E-state index in [9.17, 15) is 4.79 Å². The lowest BCUT2D eigenvalue weighted by Crippen LogP contribution is -2.56. The molecular formula is C14H21N3O. The normalized spacial score (nSPS) is 23.7. The lowest BCUT2D eigenvalue weighted by Gasteiger charge is -2.33. The molecule has 0 bridgehead atoms. The third-order valence-corrected chi connectivity index (χ3v) is 3.71. The van der Waals surface area contributed by atoms with Gasteiger partial charge in [0.2, 0.25) is 5.91 Å². The summed E-state index contributed by atoms with van der Waals surface area (Å²) in [4.78, 5) is 16.3. The molecule has 1 saturated heterocycles. The van der Waals surface area contributed by atoms with E-state index in [1.54, 1.807) is 6.20 Å². The number of carbonyl (C=O) groups is 1. The molecule has 0 saturated carbocycles. The van der Waals surface area contributed by atoms with Gasteiger partial charge in [0.25, 0.3) is 0 Å². The van der Waals surface area contributed by atoms with Crippen molar-refractivity contribution in [3.05, 3.63) is 29.6 Å². The zero-order valence-corrected chi connectivity index (χ0v) is 11.1. The highest BCUT2D eigenvalue weighted by molar-refractivity contribution is 5.85. The zero-order valence-electron chi connectivity index (χ0n) is 11.1. The second-order valence-corrected chi connectivity index (χ2v) is 5.20. The molecule has 1 aliphatic rings. The van der Waals surface area contributed by atoms with Gasteiger partial charge in [-0.2, -0.15) is 0 Å². The van der Waals surface area contributed by atoms with E-state index in [1.807, 2.05) is 26.1 Å². The third-order valence-electron chi connectivity index (χ3n) is 3.71. The van der Waals surface area contributed by atoms with Gasteiger partial charge in [-0.3, -0.25) is 9.78 Å². The van der Waals surface area contributed by atoms with Gasteiger partial charge >= 0.3 is 0 Å². The summed E-state index contributed by atoms with van der Waals surface area (Å²) in [6.45, 7) is 5.49. The predicted molar refractivity (Wildman–Crippen MR) is 71.1 cm³/mol. The summed E-state index contributed by atoms with van der Waals surface area (Å²) in [5.74, 6) is 0.0884. The summed E-state index contributed by atoms with van der Waals surface area (Å²) < 4.78 is 0. The quantitative estimate of drug-likeness (QED) is 0.852. The predicted octanol–water partition coefficient (Wildman–Crippen LogP) is 1.54. The van der Waals surface area contributed by atoms with Gasteiger partial charge < -0.3 is 10.6 Å². The summed E-state index contributed by atoms with van der Waals surface area (Å²) >= 11 is 0. The molecule has 0 spiro atoms. The van der Waals surface area contributed by atoms with E-state index in [0.29, 0.717) is 6.54 Å². The summed E-state index contributed by atoms with van der Waals surface area (Å²) in [5.41, 5.74) is 1.83. The van der Waals surface area contributed by atoms with Gasteiger partial charge in [0.1, 0.15) is 0 Å². The van der Waals surface area contributed by atoms with Crippen LogP contribution in [0.15, 0.2) is 18.5 Å². The Hall–Kier alpha value is -1.42. The average Bonchev–Trinajstić information content (AvgIpc) is 2.38. The minimum atomic E-state index is -0.408. The zero-order chi connectivity index (χ0) is 13.0. The van der Waals surface area contributed by atoms with E-state index < -0.39 is 5.54 Å². The Morgan fingerprint density at radius 2 is 2.39 bits per heavy atom. The Bertz CT molecular complexity index is 425. The monoisotopic (exact) mass is 247 g/mol. The van der Waals surface area contributed by atoms with E-state index in [0.717, 1.165) is 36.9 Å². The van der Waals surface area contributed by atoms with Gasteiger partial charge in [-0.1, -0.05) is 0 Å². The molecule has 98 valence electrons. The Morgan fingerprint density at radius 1 is 1.56 bits per heavy atom. The Kier molecular flexibility index (Phi) is 3.97. The minimum absolute atomic E-state index is 0.0884. The van der Waals surface area contributed by atoms with Crippen molar-refractivity contribution in [2.45, 2.75) is 45.2 Å². The highest BCUT2D eigenvalue weighted by Gasteiger charge is 2.33. The molecule has 1 aromatic rings. The van der Waals surface area contributed by atoms with Gasteiger partial charge in [0.15, 0.2) is 0 Å². The molecule has 0 aliphatic carbocycles. The van der Waals surface area contributed by atoms with Gasteiger partial charge in [-0.25, -0.2) is 0 Å². The number of amides is 1. The van der Waals surface area contributed by atoms with Crippen molar-refractivity contribution in [1.82, 2.24) is 15.6 Å². The summed E-state index contributed by atoms with van der Waals surface area (Å²) in [6, 6.07) is 1.96. The average molecular weight is 247 g/mol. The number of hydrogen-bond donors (Lipinski definition) is 2. The molecule has 1 atom stereocenters. The molecule has 4 nitrogen and oxygen atoms in total. The largest absolute Gasteiger partial charge is 0.350 e. The van der Waals surface area contributed by atoms with Crippen molar-refractivity contribution in [1.29, 1.82) is 0 Å². The van der Waals surface area contributed by atoms with Crippen LogP contribution in [0.3, 0.4) is 0 Å². The van der Waals surface area contributed by atoms with Crippen LogP contribution in [0.5, 0.6) is 0 Å². The fourth-order valence-electron chi connectivity index (χ4n) is 2.30. The van der Waals surface area contributed by atoms with Crippen LogP contribution in [0.4, 0.5) is 0 Å². The number of rotatable bonds is 3. The first-order valence-corrected chi connectivity index (χ1v) is 6.55. The molecule has 1 unspecified atom stereocenters. The van der Waals surface area contributed by atoms with Crippen LogP contribution in [-0.4, -0.2) is 23.0 Å². The maximum Gasteiger partial charge on any atom is 0.240 e. The van der Waals surface area contributed by atoms with Gasteiger partial charge in [-0.15, -0.1) is 0 Å². The third kappa shape index (κ3) is 2.88. The van der Waals surface area contributed by atoms with Crippen LogP contribution < -0.4 is 10.6 Å². The van der Waals surface area contributed by atoms with Crippen LogP contribution in [0.1, 0.15) is 37.3 Å². The Labute approximate surface area is 108 Å². The number of aryl methyl sites for hydroxylation is 1. The highest BCUT2D eigenvalue weighted by Crippen LogP contribution is 2.19. The molecule has 2 heterocycles. The van der Waals surface area contributed by atoms with Crippen molar-refractivity contribution in [3.8, 4) is 0 Å². The smallest absolute Gasteiger partial charge is 0.240 e. The molecular weight excluding hydrogens is 226 g/mol. The topological polar surface area (TPSA) is 54.0 Å². The molecule has 4 heteroatoms. The van der Waals surface area contributed by atoms with Crippen molar-refractivity contribution in [2.75, 3.05) is 6.54 Å². The van der Waals surface area contributed by atoms with Crippen molar-refractivity contribution in [2.24, 2.45) is 0 Å². The number of pyridine rings is 1. The molecule has 1 amide bonds. The van der Waals surface area contributed by atoms with E-state index in [2.05, 4.69) is 15.6 Å². The molecule has 0 aromatic carbocycles. The van der Waals surface area contributed by atoms with Crippen molar-refractivity contribution >= 4 is 5.91 Å².